The summed E-state index contributed by atoms with van der Waals surface area (Å²) in [6.45, 7) is 5.89. The van der Waals surface area contributed by atoms with Crippen LogP contribution in [0.25, 0.3) is 0 Å². The van der Waals surface area contributed by atoms with Crippen molar-refractivity contribution in [2.24, 2.45) is 17.6 Å². The van der Waals surface area contributed by atoms with Crippen LogP contribution in [-0.2, 0) is 0 Å². The highest BCUT2D eigenvalue weighted by Crippen LogP contribution is 2.41. The van der Waals surface area contributed by atoms with Crippen molar-refractivity contribution in [2.75, 3.05) is 13.1 Å². The first-order valence-electron chi connectivity index (χ1n) is 5.02. The van der Waals surface area contributed by atoms with Crippen LogP contribution in [0.2, 0.25) is 0 Å². The van der Waals surface area contributed by atoms with Crippen LogP contribution in [0.15, 0.2) is 0 Å². The molecule has 0 heterocycles. The molecule has 1 fully saturated rings. The topological polar surface area (TPSA) is 38.0 Å². The van der Waals surface area contributed by atoms with Crippen LogP contribution in [-0.4, -0.2) is 18.6 Å². The van der Waals surface area contributed by atoms with Gasteiger partial charge in [-0.05, 0) is 24.7 Å². The molecule has 0 radical (unpaired) electrons. The first-order chi connectivity index (χ1) is 6.13. The summed E-state index contributed by atoms with van der Waals surface area (Å²) in [6.07, 6.45) is 7.58. The molecule has 2 nitrogen and oxygen atoms in total. The Morgan fingerprint density at radius 1 is 1.62 bits per heavy atom. The molecule has 1 saturated carbocycles. The molecule has 74 valence electrons. The number of nitrogens with two attached hydrogens (primary N) is 1. The first kappa shape index (κ1) is 10.6. The molecule has 1 aliphatic rings. The Morgan fingerprint density at radius 3 is 2.62 bits per heavy atom. The van der Waals surface area contributed by atoms with Crippen molar-refractivity contribution in [1.82, 2.24) is 5.32 Å². The van der Waals surface area contributed by atoms with Crippen molar-refractivity contribution >= 4 is 0 Å². The van der Waals surface area contributed by atoms with E-state index >= 15 is 0 Å². The lowest BCUT2D eigenvalue weighted by Crippen LogP contribution is -2.60. The highest BCUT2D eigenvalue weighted by molar-refractivity contribution is 5.04. The second-order valence-corrected chi connectivity index (χ2v) is 4.45. The van der Waals surface area contributed by atoms with Crippen LogP contribution in [0, 0.1) is 24.2 Å². The molecule has 3 N–H and O–H groups in total. The third-order valence-electron chi connectivity index (χ3n) is 3.20. The lowest BCUT2D eigenvalue weighted by molar-refractivity contribution is 0.0809. The SMILES string of the molecule is C#CCNC1(CN)CC(C(C)C)C1. The second-order valence-electron chi connectivity index (χ2n) is 4.45. The third kappa shape index (κ3) is 2.24. The van der Waals surface area contributed by atoms with Gasteiger partial charge in [0.2, 0.25) is 0 Å². The summed E-state index contributed by atoms with van der Waals surface area (Å²) in [5, 5.41) is 3.36. The summed E-state index contributed by atoms with van der Waals surface area (Å²) < 4.78 is 0. The van der Waals surface area contributed by atoms with Gasteiger partial charge < -0.3 is 5.73 Å². The van der Waals surface area contributed by atoms with Crippen molar-refractivity contribution in [1.29, 1.82) is 0 Å². The summed E-state index contributed by atoms with van der Waals surface area (Å²) in [7, 11) is 0. The van der Waals surface area contributed by atoms with E-state index in [4.69, 9.17) is 12.2 Å². The molecule has 0 amide bonds. The van der Waals surface area contributed by atoms with Gasteiger partial charge in [0.15, 0.2) is 0 Å². The van der Waals surface area contributed by atoms with Gasteiger partial charge in [0.25, 0.3) is 0 Å². The summed E-state index contributed by atoms with van der Waals surface area (Å²) in [5.41, 5.74) is 5.89. The molecule has 0 bridgehead atoms. The maximum Gasteiger partial charge on any atom is 0.0578 e. The van der Waals surface area contributed by atoms with E-state index in [-0.39, 0.29) is 5.54 Å². The van der Waals surface area contributed by atoms with Gasteiger partial charge in [-0.25, -0.2) is 0 Å². The second kappa shape index (κ2) is 4.13. The quantitative estimate of drug-likeness (QED) is 0.633. The van der Waals surface area contributed by atoms with Gasteiger partial charge in [-0.1, -0.05) is 19.8 Å². The minimum absolute atomic E-state index is 0.154. The fourth-order valence-electron chi connectivity index (χ4n) is 2.04. The molecule has 1 rings (SSSR count). The first-order valence-corrected chi connectivity index (χ1v) is 5.02. The van der Waals surface area contributed by atoms with Crippen molar-refractivity contribution < 1.29 is 0 Å². The molecule has 0 saturated heterocycles. The normalized spacial score (nSPS) is 32.7. The largest absolute Gasteiger partial charge is 0.329 e. The average molecular weight is 180 g/mol. The molecular weight excluding hydrogens is 160 g/mol. The Hall–Kier alpha value is -0.520. The molecule has 0 aromatic heterocycles. The Kier molecular flexibility index (Phi) is 3.35. The van der Waals surface area contributed by atoms with Crippen molar-refractivity contribution in [3.05, 3.63) is 0 Å². The number of hydrogen-bond acceptors (Lipinski definition) is 2. The number of rotatable bonds is 4. The summed E-state index contributed by atoms with van der Waals surface area (Å²) >= 11 is 0. The van der Waals surface area contributed by atoms with Crippen molar-refractivity contribution in [2.45, 2.75) is 32.2 Å². The molecular formula is C11H20N2. The minimum Gasteiger partial charge on any atom is -0.329 e. The highest BCUT2D eigenvalue weighted by atomic mass is 15.0. The van der Waals surface area contributed by atoms with E-state index in [2.05, 4.69) is 25.1 Å². The Balaban J connectivity index is 2.37. The van der Waals surface area contributed by atoms with E-state index < -0.39 is 0 Å². The van der Waals surface area contributed by atoms with E-state index in [1.165, 1.54) is 12.8 Å². The van der Waals surface area contributed by atoms with Crippen LogP contribution in [0.1, 0.15) is 26.7 Å². The number of terminal acetylenes is 1. The van der Waals surface area contributed by atoms with Crippen LogP contribution in [0.3, 0.4) is 0 Å². The summed E-state index contributed by atoms with van der Waals surface area (Å²) in [6, 6.07) is 0. The third-order valence-corrected chi connectivity index (χ3v) is 3.20. The molecule has 13 heavy (non-hydrogen) atoms. The molecule has 2 heteroatoms. The molecule has 0 unspecified atom stereocenters. The standard InChI is InChI=1S/C11H20N2/c1-4-5-13-11(8-12)6-10(7-11)9(2)3/h1,9-10,13H,5-8,12H2,2-3H3. The zero-order valence-electron chi connectivity index (χ0n) is 8.64. The fourth-order valence-corrected chi connectivity index (χ4v) is 2.04. The molecule has 0 spiro atoms. The van der Waals surface area contributed by atoms with Crippen molar-refractivity contribution in [3.8, 4) is 12.3 Å². The van der Waals surface area contributed by atoms with Gasteiger partial charge in [-0.2, -0.15) is 0 Å². The molecule has 0 aromatic rings. The number of hydrogen-bond donors (Lipinski definition) is 2. The van der Waals surface area contributed by atoms with Crippen molar-refractivity contribution in [3.63, 3.8) is 0 Å². The van der Waals surface area contributed by atoms with Crippen LogP contribution >= 0.6 is 0 Å². The van der Waals surface area contributed by atoms with Gasteiger partial charge >= 0.3 is 0 Å². The van der Waals surface area contributed by atoms with Gasteiger partial charge in [0, 0.05) is 12.1 Å². The van der Waals surface area contributed by atoms with E-state index in [0.29, 0.717) is 13.1 Å². The smallest absolute Gasteiger partial charge is 0.0578 e. The Bertz CT molecular complexity index is 197. The zero-order chi connectivity index (χ0) is 9.90. The van der Waals surface area contributed by atoms with Gasteiger partial charge in [0.1, 0.15) is 0 Å². The zero-order valence-corrected chi connectivity index (χ0v) is 8.64. The monoisotopic (exact) mass is 180 g/mol. The van der Waals surface area contributed by atoms with E-state index in [0.717, 1.165) is 11.8 Å². The van der Waals surface area contributed by atoms with Crippen LogP contribution < -0.4 is 11.1 Å². The summed E-state index contributed by atoms with van der Waals surface area (Å²) in [4.78, 5) is 0. The van der Waals surface area contributed by atoms with Gasteiger partial charge in [-0.3, -0.25) is 5.32 Å². The maximum atomic E-state index is 5.74. The Morgan fingerprint density at radius 2 is 2.23 bits per heavy atom. The number of nitrogens with one attached hydrogen (secondary N) is 1. The molecule has 0 aliphatic heterocycles. The van der Waals surface area contributed by atoms with E-state index in [1.807, 2.05) is 0 Å². The predicted molar refractivity (Wildman–Crippen MR) is 56.2 cm³/mol. The maximum absolute atomic E-state index is 5.74. The Labute approximate surface area is 81.3 Å². The average Bonchev–Trinajstić information content (AvgIpc) is 2.03. The van der Waals surface area contributed by atoms with E-state index in [1.54, 1.807) is 0 Å². The summed E-state index contributed by atoms with van der Waals surface area (Å²) in [5.74, 6) is 4.20. The lowest BCUT2D eigenvalue weighted by Gasteiger charge is -2.49. The van der Waals surface area contributed by atoms with Gasteiger partial charge in [-0.15, -0.1) is 6.42 Å². The molecule has 0 aromatic carbocycles. The van der Waals surface area contributed by atoms with E-state index in [9.17, 15) is 0 Å². The minimum atomic E-state index is 0.154. The van der Waals surface area contributed by atoms with Crippen LogP contribution in [0.4, 0.5) is 0 Å². The highest BCUT2D eigenvalue weighted by Gasteiger charge is 2.43. The lowest BCUT2D eigenvalue weighted by atomic mass is 9.64. The predicted octanol–water partition coefficient (Wildman–Crippen LogP) is 0.973. The fraction of sp³-hybridized carbons (Fsp3) is 0.818. The van der Waals surface area contributed by atoms with Gasteiger partial charge in [0.05, 0.1) is 6.54 Å². The molecule has 1 aliphatic carbocycles. The van der Waals surface area contributed by atoms with Crippen LogP contribution in [0.5, 0.6) is 0 Å². The molecule has 0 atom stereocenters.